The molecule has 12 rings (SSSR count). The first kappa shape index (κ1) is 34.9. The minimum absolute atomic E-state index is 0.343. The monoisotopic (exact) mass is 779 g/mol. The summed E-state index contributed by atoms with van der Waals surface area (Å²) in [4.78, 5) is 10.5. The summed E-state index contributed by atoms with van der Waals surface area (Å²) in [5.74, 6) is 1.48. The molecule has 11 aromatic rings. The van der Waals surface area contributed by atoms with E-state index in [9.17, 15) is 0 Å². The van der Waals surface area contributed by atoms with Crippen molar-refractivity contribution in [2.75, 3.05) is 0 Å². The van der Waals surface area contributed by atoms with Gasteiger partial charge >= 0.3 is 0 Å². The maximum atomic E-state index is 6.49. The number of nitrogens with one attached hydrogen (secondary N) is 1. The second-order valence-corrected chi connectivity index (χ2v) is 15.8. The third kappa shape index (κ3) is 6.33. The highest BCUT2D eigenvalue weighted by atomic mass is 16.3. The summed E-state index contributed by atoms with van der Waals surface area (Å²) in [5.41, 5.74) is 11.7. The van der Waals surface area contributed by atoms with E-state index in [1.807, 2.05) is 12.1 Å². The van der Waals surface area contributed by atoms with Gasteiger partial charge in [0.15, 0.2) is 5.84 Å². The fourth-order valence-electron chi connectivity index (χ4n) is 8.89. The predicted octanol–water partition coefficient (Wildman–Crippen LogP) is 14.5. The minimum Gasteiger partial charge on any atom is -0.456 e. The van der Waals surface area contributed by atoms with Crippen LogP contribution in [0.15, 0.2) is 227 Å². The minimum atomic E-state index is -0.343. The third-order valence-electron chi connectivity index (χ3n) is 12.1. The van der Waals surface area contributed by atoms with Gasteiger partial charge in [-0.2, -0.15) is 0 Å². The standard InChI is InChI=1S/C57H37N3O/c1-2-10-36(11-3-1)49-34-51(54-50-16-8-9-17-52(50)61-53(54)35-49)45-27-21-40-23-29-47(33-48(40)32-45)57-59-55(58-56(60-57)46-28-22-38-13-5-7-15-43(38)31-46)41-24-18-39(19-25-41)44-26-20-37-12-4-6-14-42(37)30-44/h1-35,55H,(H,58,59,60). The van der Waals surface area contributed by atoms with E-state index in [2.05, 4.69) is 206 Å². The highest BCUT2D eigenvalue weighted by Gasteiger charge is 2.22. The second kappa shape index (κ2) is 14.3. The zero-order chi connectivity index (χ0) is 40.3. The molecule has 10 aromatic carbocycles. The van der Waals surface area contributed by atoms with Gasteiger partial charge in [-0.05, 0) is 114 Å². The Morgan fingerprint density at radius 3 is 1.70 bits per heavy atom. The first-order valence-corrected chi connectivity index (χ1v) is 20.7. The Bertz CT molecular complexity index is 3560. The van der Waals surface area contributed by atoms with Crippen molar-refractivity contribution in [1.82, 2.24) is 5.32 Å². The highest BCUT2D eigenvalue weighted by molar-refractivity contribution is 6.16. The maximum absolute atomic E-state index is 6.49. The van der Waals surface area contributed by atoms with Gasteiger partial charge in [0.2, 0.25) is 0 Å². The Kier molecular flexibility index (Phi) is 8.20. The van der Waals surface area contributed by atoms with Gasteiger partial charge in [-0.3, -0.25) is 0 Å². The molecule has 4 heteroatoms. The smallest absolute Gasteiger partial charge is 0.159 e. The van der Waals surface area contributed by atoms with Crippen LogP contribution in [0.1, 0.15) is 22.9 Å². The molecule has 0 saturated heterocycles. The molecular weight excluding hydrogens is 743 g/mol. The predicted molar refractivity (Wildman–Crippen MR) is 254 cm³/mol. The number of fused-ring (bicyclic) bond motifs is 6. The van der Waals surface area contributed by atoms with E-state index >= 15 is 0 Å². The molecule has 1 aliphatic rings. The fraction of sp³-hybridized carbons (Fsp3) is 0.0175. The quantitative estimate of drug-likeness (QED) is 0.183. The number of benzene rings is 10. The van der Waals surface area contributed by atoms with Crippen LogP contribution >= 0.6 is 0 Å². The molecule has 61 heavy (non-hydrogen) atoms. The summed E-state index contributed by atoms with van der Waals surface area (Å²) >= 11 is 0. The zero-order valence-corrected chi connectivity index (χ0v) is 33.1. The number of furan rings is 1. The highest BCUT2D eigenvalue weighted by Crippen LogP contribution is 2.41. The molecule has 0 spiro atoms. The van der Waals surface area contributed by atoms with Crippen LogP contribution in [0.3, 0.4) is 0 Å². The summed E-state index contributed by atoms with van der Waals surface area (Å²) in [6.45, 7) is 0. The van der Waals surface area contributed by atoms with Gasteiger partial charge in [0.25, 0.3) is 0 Å². The van der Waals surface area contributed by atoms with Gasteiger partial charge in [0.05, 0.1) is 0 Å². The van der Waals surface area contributed by atoms with E-state index < -0.39 is 0 Å². The van der Waals surface area contributed by atoms with Crippen LogP contribution in [0, 0.1) is 0 Å². The summed E-state index contributed by atoms with van der Waals surface area (Å²) < 4.78 is 6.49. The average Bonchev–Trinajstić information content (AvgIpc) is 3.72. The summed E-state index contributed by atoms with van der Waals surface area (Å²) in [6, 6.07) is 75.5. The number of aliphatic imine (C=N–C) groups is 2. The van der Waals surface area contributed by atoms with Gasteiger partial charge < -0.3 is 9.73 Å². The molecule has 0 bridgehead atoms. The van der Waals surface area contributed by atoms with Crippen molar-refractivity contribution in [3.8, 4) is 33.4 Å². The third-order valence-corrected chi connectivity index (χ3v) is 12.1. The van der Waals surface area contributed by atoms with Gasteiger partial charge in [0.1, 0.15) is 23.2 Å². The number of amidine groups is 2. The maximum Gasteiger partial charge on any atom is 0.159 e. The molecule has 286 valence electrons. The van der Waals surface area contributed by atoms with Gasteiger partial charge in [-0.15, -0.1) is 0 Å². The van der Waals surface area contributed by atoms with Crippen molar-refractivity contribution in [3.63, 3.8) is 0 Å². The Labute approximate surface area is 352 Å². The fourth-order valence-corrected chi connectivity index (χ4v) is 8.89. The molecule has 0 amide bonds. The normalized spacial score (nSPS) is 14.1. The van der Waals surface area contributed by atoms with Crippen LogP contribution in [0.25, 0.3) is 87.6 Å². The molecule has 4 nitrogen and oxygen atoms in total. The van der Waals surface area contributed by atoms with Crippen molar-refractivity contribution in [2.24, 2.45) is 9.98 Å². The molecule has 1 unspecified atom stereocenters. The van der Waals surface area contributed by atoms with Crippen LogP contribution in [0.5, 0.6) is 0 Å². The number of rotatable bonds is 6. The summed E-state index contributed by atoms with van der Waals surface area (Å²) in [5, 5.41) is 13.1. The number of para-hydroxylation sites is 1. The van der Waals surface area contributed by atoms with E-state index in [0.29, 0.717) is 5.84 Å². The van der Waals surface area contributed by atoms with E-state index in [0.717, 1.165) is 82.9 Å². The molecule has 1 aromatic heterocycles. The molecule has 1 aliphatic heterocycles. The summed E-state index contributed by atoms with van der Waals surface area (Å²) in [7, 11) is 0. The Morgan fingerprint density at radius 2 is 0.934 bits per heavy atom. The molecule has 1 N–H and O–H groups in total. The van der Waals surface area contributed by atoms with E-state index in [-0.39, 0.29) is 6.17 Å². The SMILES string of the molecule is c1ccc(-c2cc(-c3ccc4ccc(C5=NC(c6ccc7ccccc7c6)=NC(c6ccc(-c7ccc8ccccc8c7)cc6)N5)cc4c3)c3c(c2)oc2ccccc23)cc1. The van der Waals surface area contributed by atoms with Crippen molar-refractivity contribution < 1.29 is 4.42 Å². The topological polar surface area (TPSA) is 49.9 Å². The number of nitrogens with zero attached hydrogens (tertiary/aromatic N) is 2. The van der Waals surface area contributed by atoms with Crippen LogP contribution in [0.4, 0.5) is 0 Å². The zero-order valence-electron chi connectivity index (χ0n) is 33.1. The first-order valence-electron chi connectivity index (χ1n) is 20.7. The van der Waals surface area contributed by atoms with Gasteiger partial charge in [-0.1, -0.05) is 170 Å². The van der Waals surface area contributed by atoms with Crippen molar-refractivity contribution >= 4 is 65.9 Å². The Hall–Kier alpha value is -8.08. The summed E-state index contributed by atoms with van der Waals surface area (Å²) in [6.07, 6.45) is -0.343. The molecule has 0 radical (unpaired) electrons. The lowest BCUT2D eigenvalue weighted by Crippen LogP contribution is -2.33. The molecule has 0 saturated carbocycles. The Balaban J connectivity index is 0.955. The average molecular weight is 780 g/mol. The van der Waals surface area contributed by atoms with Gasteiger partial charge in [0, 0.05) is 21.9 Å². The Morgan fingerprint density at radius 1 is 0.377 bits per heavy atom. The number of hydrogen-bond donors (Lipinski definition) is 1. The lowest BCUT2D eigenvalue weighted by molar-refractivity contribution is 0.669. The van der Waals surface area contributed by atoms with E-state index in [4.69, 9.17) is 14.4 Å². The lowest BCUT2D eigenvalue weighted by Gasteiger charge is -2.24. The molecular formula is C57H37N3O. The molecule has 0 aliphatic carbocycles. The molecule has 2 heterocycles. The molecule has 0 fully saturated rings. The van der Waals surface area contributed by atoms with E-state index in [1.54, 1.807) is 0 Å². The van der Waals surface area contributed by atoms with Crippen LogP contribution in [-0.2, 0) is 0 Å². The van der Waals surface area contributed by atoms with Crippen LogP contribution in [-0.4, -0.2) is 11.7 Å². The van der Waals surface area contributed by atoms with Crippen molar-refractivity contribution in [1.29, 1.82) is 0 Å². The first-order chi connectivity index (χ1) is 30.2. The van der Waals surface area contributed by atoms with Crippen LogP contribution in [0.2, 0.25) is 0 Å². The lowest BCUT2D eigenvalue weighted by atomic mass is 9.93. The van der Waals surface area contributed by atoms with E-state index in [1.165, 1.54) is 27.3 Å². The van der Waals surface area contributed by atoms with Crippen LogP contribution < -0.4 is 5.32 Å². The largest absolute Gasteiger partial charge is 0.456 e. The van der Waals surface area contributed by atoms with Gasteiger partial charge in [-0.25, -0.2) is 9.98 Å². The molecule has 1 atom stereocenters. The van der Waals surface area contributed by atoms with Crippen molar-refractivity contribution in [2.45, 2.75) is 6.17 Å². The second-order valence-electron chi connectivity index (χ2n) is 15.8. The van der Waals surface area contributed by atoms with Crippen molar-refractivity contribution in [3.05, 3.63) is 229 Å². The number of hydrogen-bond acceptors (Lipinski definition) is 4.